The first-order valence-corrected chi connectivity index (χ1v) is 6.72. The molecular formula is C10H10BrN5S. The Labute approximate surface area is 110 Å². The average molecular weight is 312 g/mol. The summed E-state index contributed by atoms with van der Waals surface area (Å²) in [5.41, 5.74) is 0. The van der Waals surface area contributed by atoms with Gasteiger partial charge in [-0.05, 0) is 27.2 Å². The van der Waals surface area contributed by atoms with Crippen LogP contribution in [0.5, 0.6) is 0 Å². The van der Waals surface area contributed by atoms with Gasteiger partial charge in [0.25, 0.3) is 0 Å². The number of thiophene rings is 1. The largest absolute Gasteiger partial charge is 0.262 e. The Hall–Kier alpha value is -1.34. The molecule has 7 heteroatoms. The van der Waals surface area contributed by atoms with Gasteiger partial charge in [-0.15, -0.1) is 21.5 Å². The quantitative estimate of drug-likeness (QED) is 0.749. The van der Waals surface area contributed by atoms with Gasteiger partial charge in [0, 0.05) is 22.3 Å². The van der Waals surface area contributed by atoms with Crippen molar-refractivity contribution in [3.8, 4) is 10.7 Å². The zero-order chi connectivity index (χ0) is 12.3. The molecular weight excluding hydrogens is 302 g/mol. The normalized spacial score (nSPS) is 10.1. The minimum absolute atomic E-state index is 0.614. The van der Waals surface area contributed by atoms with E-state index in [1.807, 2.05) is 26.1 Å². The fourth-order valence-corrected chi connectivity index (χ4v) is 2.87. The van der Waals surface area contributed by atoms with E-state index < -0.39 is 0 Å². The van der Waals surface area contributed by atoms with Crippen molar-refractivity contribution < 1.29 is 0 Å². The monoisotopic (exact) mass is 311 g/mol. The standard InChI is InChI=1S/C8H4BrN5S.C2H6/c9-5-2-10-3-7-4(5)1-6(15-7)8-11-13-14-12-8;1-2/h1-3H,(H,11,12,13,14);1-2H3. The average Bonchev–Trinajstić information content (AvgIpc) is 3.00. The lowest BCUT2D eigenvalue weighted by Crippen LogP contribution is -1.73. The molecule has 0 radical (unpaired) electrons. The molecule has 3 rings (SSSR count). The Kier molecular flexibility index (Phi) is 3.80. The van der Waals surface area contributed by atoms with E-state index in [1.165, 1.54) is 0 Å². The van der Waals surface area contributed by atoms with E-state index in [1.54, 1.807) is 17.5 Å². The SMILES string of the molecule is Brc1cncc2sc(-c3nn[nH]n3)cc12.CC. The molecule has 0 spiro atoms. The van der Waals surface area contributed by atoms with Crippen molar-refractivity contribution in [2.45, 2.75) is 13.8 Å². The Morgan fingerprint density at radius 2 is 2.12 bits per heavy atom. The Morgan fingerprint density at radius 1 is 1.29 bits per heavy atom. The summed E-state index contributed by atoms with van der Waals surface area (Å²) in [5.74, 6) is 0.614. The molecule has 1 N–H and O–H groups in total. The van der Waals surface area contributed by atoms with Crippen LogP contribution in [-0.2, 0) is 0 Å². The second-order valence-corrected chi connectivity index (χ2v) is 4.82. The zero-order valence-electron chi connectivity index (χ0n) is 9.31. The molecule has 0 amide bonds. The van der Waals surface area contributed by atoms with Crippen molar-refractivity contribution in [3.05, 3.63) is 22.9 Å². The van der Waals surface area contributed by atoms with Crippen molar-refractivity contribution in [1.82, 2.24) is 25.6 Å². The fourth-order valence-electron chi connectivity index (χ4n) is 1.30. The highest BCUT2D eigenvalue weighted by molar-refractivity contribution is 9.10. The third-order valence-corrected chi connectivity index (χ3v) is 3.66. The smallest absolute Gasteiger partial charge is 0.214 e. The predicted octanol–water partition coefficient (Wildman–Crippen LogP) is 3.27. The lowest BCUT2D eigenvalue weighted by atomic mass is 10.3. The van der Waals surface area contributed by atoms with Crippen LogP contribution in [0, 0.1) is 0 Å². The van der Waals surface area contributed by atoms with Crippen molar-refractivity contribution in [2.75, 3.05) is 0 Å². The molecule has 3 aromatic heterocycles. The highest BCUT2D eigenvalue weighted by Crippen LogP contribution is 2.34. The summed E-state index contributed by atoms with van der Waals surface area (Å²) in [6.45, 7) is 4.00. The van der Waals surface area contributed by atoms with Crippen molar-refractivity contribution in [1.29, 1.82) is 0 Å². The van der Waals surface area contributed by atoms with Crippen LogP contribution in [-0.4, -0.2) is 25.6 Å². The molecule has 0 aliphatic rings. The van der Waals surface area contributed by atoms with Crippen LogP contribution in [0.1, 0.15) is 13.8 Å². The molecule has 3 heterocycles. The molecule has 0 bridgehead atoms. The van der Waals surface area contributed by atoms with Crippen LogP contribution in [0.25, 0.3) is 20.8 Å². The minimum Gasteiger partial charge on any atom is -0.262 e. The van der Waals surface area contributed by atoms with E-state index in [9.17, 15) is 0 Å². The zero-order valence-corrected chi connectivity index (χ0v) is 11.7. The maximum Gasteiger partial charge on any atom is 0.214 e. The Balaban J connectivity index is 0.000000514. The molecule has 0 saturated heterocycles. The molecule has 5 nitrogen and oxygen atoms in total. The van der Waals surface area contributed by atoms with Gasteiger partial charge < -0.3 is 0 Å². The molecule has 0 atom stereocenters. The van der Waals surface area contributed by atoms with Crippen LogP contribution in [0.2, 0.25) is 0 Å². The third kappa shape index (κ3) is 2.34. The maximum atomic E-state index is 4.11. The first-order chi connectivity index (χ1) is 8.34. The number of hydrogen-bond acceptors (Lipinski definition) is 5. The second-order valence-electron chi connectivity index (χ2n) is 2.88. The first kappa shape index (κ1) is 12.1. The second kappa shape index (κ2) is 5.33. The number of halogens is 1. The minimum atomic E-state index is 0.614. The summed E-state index contributed by atoms with van der Waals surface area (Å²) >= 11 is 5.05. The van der Waals surface area contributed by atoms with Crippen LogP contribution >= 0.6 is 27.3 Å². The summed E-state index contributed by atoms with van der Waals surface area (Å²) in [6.07, 6.45) is 3.60. The number of aromatic nitrogens is 5. The van der Waals surface area contributed by atoms with Crippen molar-refractivity contribution in [3.63, 3.8) is 0 Å². The predicted molar refractivity (Wildman–Crippen MR) is 71.8 cm³/mol. The summed E-state index contributed by atoms with van der Waals surface area (Å²) in [4.78, 5) is 5.09. The Bertz CT molecular complexity index is 604. The highest BCUT2D eigenvalue weighted by Gasteiger charge is 2.09. The van der Waals surface area contributed by atoms with Crippen LogP contribution < -0.4 is 0 Å². The topological polar surface area (TPSA) is 67.3 Å². The summed E-state index contributed by atoms with van der Waals surface area (Å²) < 4.78 is 2.08. The number of fused-ring (bicyclic) bond motifs is 1. The van der Waals surface area contributed by atoms with Gasteiger partial charge in [-0.1, -0.05) is 13.8 Å². The highest BCUT2D eigenvalue weighted by atomic mass is 79.9. The summed E-state index contributed by atoms with van der Waals surface area (Å²) in [5, 5.41) is 15.0. The van der Waals surface area contributed by atoms with Crippen LogP contribution in [0.3, 0.4) is 0 Å². The summed E-state index contributed by atoms with van der Waals surface area (Å²) in [6, 6.07) is 2.02. The molecule has 0 aliphatic carbocycles. The van der Waals surface area contributed by atoms with Crippen LogP contribution in [0.15, 0.2) is 22.9 Å². The number of aromatic amines is 1. The molecule has 0 aliphatic heterocycles. The third-order valence-electron chi connectivity index (χ3n) is 1.96. The lowest BCUT2D eigenvalue weighted by Gasteiger charge is -1.89. The molecule has 0 saturated carbocycles. The van der Waals surface area contributed by atoms with E-state index in [0.717, 1.165) is 19.4 Å². The number of hydrogen-bond donors (Lipinski definition) is 1. The molecule has 0 fully saturated rings. The van der Waals surface area contributed by atoms with Gasteiger partial charge in [0.05, 0.1) is 9.58 Å². The van der Waals surface area contributed by atoms with Gasteiger partial charge in [0.1, 0.15) is 0 Å². The summed E-state index contributed by atoms with van der Waals surface area (Å²) in [7, 11) is 0. The van der Waals surface area contributed by atoms with Gasteiger partial charge in [-0.3, -0.25) is 4.98 Å². The number of pyridine rings is 1. The van der Waals surface area contributed by atoms with Crippen molar-refractivity contribution in [2.24, 2.45) is 0 Å². The number of H-pyrrole nitrogens is 1. The van der Waals surface area contributed by atoms with E-state index in [0.29, 0.717) is 5.82 Å². The number of nitrogens with one attached hydrogen (secondary N) is 1. The van der Waals surface area contributed by atoms with E-state index in [2.05, 4.69) is 41.5 Å². The van der Waals surface area contributed by atoms with E-state index in [-0.39, 0.29) is 0 Å². The number of nitrogens with zero attached hydrogens (tertiary/aromatic N) is 4. The number of tetrazole rings is 1. The van der Waals surface area contributed by atoms with Crippen LogP contribution in [0.4, 0.5) is 0 Å². The molecule has 0 unspecified atom stereocenters. The lowest BCUT2D eigenvalue weighted by molar-refractivity contribution is 0.881. The molecule has 3 aromatic rings. The molecule has 17 heavy (non-hydrogen) atoms. The van der Waals surface area contributed by atoms with Gasteiger partial charge >= 0.3 is 0 Å². The molecule has 0 aromatic carbocycles. The number of rotatable bonds is 1. The maximum absolute atomic E-state index is 4.11. The Morgan fingerprint density at radius 3 is 2.76 bits per heavy atom. The van der Waals surface area contributed by atoms with Gasteiger partial charge in [-0.2, -0.15) is 5.21 Å². The fraction of sp³-hybridized carbons (Fsp3) is 0.200. The molecule has 88 valence electrons. The first-order valence-electron chi connectivity index (χ1n) is 5.11. The van der Waals surface area contributed by atoms with Crippen molar-refractivity contribution >= 4 is 37.4 Å². The van der Waals surface area contributed by atoms with Gasteiger partial charge in [0.15, 0.2) is 0 Å². The van der Waals surface area contributed by atoms with Gasteiger partial charge in [0.2, 0.25) is 5.82 Å². The van der Waals surface area contributed by atoms with Gasteiger partial charge in [-0.25, -0.2) is 0 Å². The van der Waals surface area contributed by atoms with E-state index >= 15 is 0 Å². The van der Waals surface area contributed by atoms with E-state index in [4.69, 9.17) is 0 Å².